The molecule has 0 bridgehead atoms. The lowest BCUT2D eigenvalue weighted by Gasteiger charge is -2.10. The Balaban J connectivity index is 2.52. The number of halogens is 3. The molecule has 0 spiro atoms. The highest BCUT2D eigenvalue weighted by atomic mass is 19.4. The average molecular weight is 278 g/mol. The van der Waals surface area contributed by atoms with Crippen LogP contribution in [0.1, 0.15) is 11.1 Å². The van der Waals surface area contributed by atoms with Crippen LogP contribution in [0.25, 0.3) is 11.1 Å². The van der Waals surface area contributed by atoms with E-state index >= 15 is 0 Å². The minimum Gasteiger partial charge on any atom is -0.495 e. The normalized spacial score (nSPS) is 10.9. The smallest absolute Gasteiger partial charge is 0.417 e. The molecule has 1 heterocycles. The Hall–Kier alpha value is -2.55. The summed E-state index contributed by atoms with van der Waals surface area (Å²) in [6, 6.07) is 6.60. The average Bonchev–Trinajstić information content (AvgIpc) is 2.45. The van der Waals surface area contributed by atoms with Crippen molar-refractivity contribution in [3.63, 3.8) is 0 Å². The summed E-state index contributed by atoms with van der Waals surface area (Å²) >= 11 is 0. The molecule has 0 radical (unpaired) electrons. The number of pyridine rings is 1. The fourth-order valence-corrected chi connectivity index (χ4v) is 1.75. The third-order valence-electron chi connectivity index (χ3n) is 2.73. The molecular weight excluding hydrogens is 269 g/mol. The molecule has 0 unspecified atom stereocenters. The minimum absolute atomic E-state index is 0.419. The quantitative estimate of drug-likeness (QED) is 0.842. The van der Waals surface area contributed by atoms with E-state index in [4.69, 9.17) is 10.00 Å². The van der Waals surface area contributed by atoms with E-state index in [1.165, 1.54) is 31.6 Å². The molecule has 0 amide bonds. The Morgan fingerprint density at radius 2 is 1.90 bits per heavy atom. The summed E-state index contributed by atoms with van der Waals surface area (Å²) in [5.41, 5.74) is -0.312. The van der Waals surface area contributed by atoms with Crippen molar-refractivity contribution in [2.24, 2.45) is 0 Å². The lowest BCUT2D eigenvalue weighted by atomic mass is 10.0. The zero-order chi connectivity index (χ0) is 14.8. The second-order valence-corrected chi connectivity index (χ2v) is 3.98. The molecule has 0 atom stereocenters. The Morgan fingerprint density at radius 1 is 1.15 bits per heavy atom. The van der Waals surface area contributed by atoms with Crippen molar-refractivity contribution < 1.29 is 17.9 Å². The van der Waals surface area contributed by atoms with Crippen molar-refractivity contribution in [1.82, 2.24) is 4.98 Å². The number of rotatable bonds is 2. The van der Waals surface area contributed by atoms with Gasteiger partial charge in [-0.05, 0) is 23.8 Å². The van der Waals surface area contributed by atoms with Crippen molar-refractivity contribution in [3.05, 3.63) is 47.8 Å². The monoisotopic (exact) mass is 278 g/mol. The van der Waals surface area contributed by atoms with Gasteiger partial charge in [-0.1, -0.05) is 6.07 Å². The Kier molecular flexibility index (Phi) is 3.61. The first-order valence-electron chi connectivity index (χ1n) is 5.56. The molecule has 0 aliphatic heterocycles. The lowest BCUT2D eigenvalue weighted by molar-refractivity contribution is -0.137. The third kappa shape index (κ3) is 2.72. The molecule has 3 nitrogen and oxygen atoms in total. The van der Waals surface area contributed by atoms with Crippen LogP contribution in [-0.4, -0.2) is 12.1 Å². The number of benzene rings is 1. The largest absolute Gasteiger partial charge is 0.495 e. The van der Waals surface area contributed by atoms with Crippen LogP contribution in [0.4, 0.5) is 13.2 Å². The summed E-state index contributed by atoms with van der Waals surface area (Å²) in [7, 11) is 1.47. The van der Waals surface area contributed by atoms with Crippen LogP contribution in [0, 0.1) is 11.3 Å². The van der Waals surface area contributed by atoms with Crippen molar-refractivity contribution in [3.8, 4) is 22.9 Å². The molecule has 2 aromatic rings. The van der Waals surface area contributed by atoms with E-state index in [1.807, 2.05) is 0 Å². The van der Waals surface area contributed by atoms with Gasteiger partial charge in [0.2, 0.25) is 0 Å². The van der Waals surface area contributed by atoms with Crippen LogP contribution in [0.15, 0.2) is 36.7 Å². The van der Waals surface area contributed by atoms with Gasteiger partial charge in [-0.2, -0.15) is 18.4 Å². The number of alkyl halides is 3. The van der Waals surface area contributed by atoms with Crippen LogP contribution in [0.2, 0.25) is 0 Å². The van der Waals surface area contributed by atoms with Gasteiger partial charge >= 0.3 is 6.18 Å². The summed E-state index contributed by atoms with van der Waals surface area (Å²) in [5, 5.41) is 8.86. The molecular formula is C14H9F3N2O. The van der Waals surface area contributed by atoms with Crippen LogP contribution in [-0.2, 0) is 6.18 Å². The van der Waals surface area contributed by atoms with Gasteiger partial charge in [0.1, 0.15) is 5.75 Å². The van der Waals surface area contributed by atoms with E-state index in [-0.39, 0.29) is 0 Å². The SMILES string of the molecule is COc1cncc(-c2ccc(C(F)(F)F)c(C#N)c2)c1. The molecule has 0 aliphatic rings. The van der Waals surface area contributed by atoms with Crippen molar-refractivity contribution >= 4 is 0 Å². The van der Waals surface area contributed by atoms with E-state index in [2.05, 4.69) is 4.98 Å². The van der Waals surface area contributed by atoms with E-state index in [1.54, 1.807) is 12.1 Å². The maximum atomic E-state index is 12.7. The number of nitriles is 1. The van der Waals surface area contributed by atoms with Gasteiger partial charge in [-0.25, -0.2) is 0 Å². The lowest BCUT2D eigenvalue weighted by Crippen LogP contribution is -2.07. The fraction of sp³-hybridized carbons (Fsp3) is 0.143. The minimum atomic E-state index is -4.55. The Labute approximate surface area is 113 Å². The van der Waals surface area contributed by atoms with E-state index in [0.717, 1.165) is 6.07 Å². The summed E-state index contributed by atoms with van der Waals surface area (Å²) in [4.78, 5) is 3.93. The van der Waals surface area contributed by atoms with Crippen molar-refractivity contribution in [2.75, 3.05) is 7.11 Å². The van der Waals surface area contributed by atoms with Gasteiger partial charge in [0.15, 0.2) is 0 Å². The predicted octanol–water partition coefficient (Wildman–Crippen LogP) is 3.65. The summed E-state index contributed by atoms with van der Waals surface area (Å²) in [5.74, 6) is 0.487. The van der Waals surface area contributed by atoms with Crippen LogP contribution < -0.4 is 4.74 Å². The zero-order valence-corrected chi connectivity index (χ0v) is 10.4. The Bertz CT molecular complexity index is 675. The maximum Gasteiger partial charge on any atom is 0.417 e. The van der Waals surface area contributed by atoms with Gasteiger partial charge in [0.25, 0.3) is 0 Å². The third-order valence-corrected chi connectivity index (χ3v) is 2.73. The fourth-order valence-electron chi connectivity index (χ4n) is 1.75. The summed E-state index contributed by atoms with van der Waals surface area (Å²) < 4.78 is 43.1. The second-order valence-electron chi connectivity index (χ2n) is 3.98. The van der Waals surface area contributed by atoms with E-state index in [0.29, 0.717) is 16.9 Å². The first-order valence-corrected chi connectivity index (χ1v) is 5.56. The van der Waals surface area contributed by atoms with E-state index < -0.39 is 17.3 Å². The van der Waals surface area contributed by atoms with Crippen molar-refractivity contribution in [1.29, 1.82) is 5.26 Å². The maximum absolute atomic E-state index is 12.7. The molecule has 0 aliphatic carbocycles. The van der Waals surface area contributed by atoms with Gasteiger partial charge < -0.3 is 4.74 Å². The standard InChI is InChI=1S/C14H9F3N2O/c1-20-12-5-11(7-19-8-12)9-2-3-13(14(15,16)17)10(4-9)6-18/h2-5,7-8H,1H3. The number of ether oxygens (including phenoxy) is 1. The molecule has 2 rings (SSSR count). The number of aromatic nitrogens is 1. The van der Waals surface area contributed by atoms with Crippen LogP contribution in [0.5, 0.6) is 5.75 Å². The summed E-state index contributed by atoms with van der Waals surface area (Å²) in [6.45, 7) is 0. The highest BCUT2D eigenvalue weighted by Crippen LogP contribution is 2.34. The zero-order valence-electron chi connectivity index (χ0n) is 10.4. The van der Waals surface area contributed by atoms with Gasteiger partial charge in [-0.3, -0.25) is 4.98 Å². The van der Waals surface area contributed by atoms with Crippen LogP contribution in [0.3, 0.4) is 0 Å². The van der Waals surface area contributed by atoms with Gasteiger partial charge in [0.05, 0.1) is 30.5 Å². The first kappa shape index (κ1) is 13.9. The number of nitrogens with zero attached hydrogens (tertiary/aromatic N) is 2. The van der Waals surface area contributed by atoms with Gasteiger partial charge in [0, 0.05) is 11.8 Å². The second kappa shape index (κ2) is 5.21. The first-order chi connectivity index (χ1) is 9.45. The Morgan fingerprint density at radius 3 is 2.50 bits per heavy atom. The molecule has 0 N–H and O–H groups in total. The molecule has 1 aromatic carbocycles. The predicted molar refractivity (Wildman–Crippen MR) is 65.9 cm³/mol. The highest BCUT2D eigenvalue weighted by molar-refractivity contribution is 5.66. The van der Waals surface area contributed by atoms with Gasteiger partial charge in [-0.15, -0.1) is 0 Å². The molecule has 20 heavy (non-hydrogen) atoms. The van der Waals surface area contributed by atoms with Crippen molar-refractivity contribution in [2.45, 2.75) is 6.18 Å². The number of methoxy groups -OCH3 is 1. The molecule has 0 saturated carbocycles. The molecule has 0 saturated heterocycles. The topological polar surface area (TPSA) is 45.9 Å². The number of hydrogen-bond donors (Lipinski definition) is 0. The number of hydrogen-bond acceptors (Lipinski definition) is 3. The summed E-state index contributed by atoms with van der Waals surface area (Å²) in [6.07, 6.45) is -1.57. The molecule has 6 heteroatoms. The highest BCUT2D eigenvalue weighted by Gasteiger charge is 2.33. The van der Waals surface area contributed by atoms with E-state index in [9.17, 15) is 13.2 Å². The molecule has 102 valence electrons. The molecule has 0 fully saturated rings. The van der Waals surface area contributed by atoms with Crippen LogP contribution >= 0.6 is 0 Å². The molecule has 1 aromatic heterocycles.